The molecule has 1 heterocycles. The van der Waals surface area contributed by atoms with Gasteiger partial charge >= 0.3 is 6.01 Å². The van der Waals surface area contributed by atoms with Crippen molar-refractivity contribution >= 4 is 6.01 Å². The van der Waals surface area contributed by atoms with Gasteiger partial charge in [0.1, 0.15) is 0 Å². The second-order valence-corrected chi connectivity index (χ2v) is 4.19. The van der Waals surface area contributed by atoms with Crippen molar-refractivity contribution in [3.05, 3.63) is 5.89 Å². The van der Waals surface area contributed by atoms with Crippen LogP contribution in [0.1, 0.15) is 38.5 Å². The molecule has 1 N–H and O–H groups in total. The largest absolute Gasteiger partial charge is 0.408 e. The van der Waals surface area contributed by atoms with Gasteiger partial charge in [0.15, 0.2) is 0 Å². The molecule has 1 aromatic heterocycles. The molecular weight excluding hydrogens is 178 g/mol. The summed E-state index contributed by atoms with van der Waals surface area (Å²) in [5, 5.41) is 10.9. The van der Waals surface area contributed by atoms with Crippen molar-refractivity contribution in [2.45, 2.75) is 39.5 Å². The van der Waals surface area contributed by atoms with Gasteiger partial charge in [0.05, 0.1) is 0 Å². The molecule has 0 atom stereocenters. The van der Waals surface area contributed by atoms with Crippen LogP contribution in [0, 0.1) is 12.3 Å². The fourth-order valence-corrected chi connectivity index (χ4v) is 1.96. The van der Waals surface area contributed by atoms with Crippen LogP contribution in [0.5, 0.6) is 0 Å². The number of nitrogens with one attached hydrogen (secondary N) is 1. The van der Waals surface area contributed by atoms with Crippen molar-refractivity contribution in [2.75, 3.05) is 11.9 Å². The van der Waals surface area contributed by atoms with E-state index >= 15 is 0 Å². The van der Waals surface area contributed by atoms with Crippen LogP contribution in [0.3, 0.4) is 0 Å². The van der Waals surface area contributed by atoms with Gasteiger partial charge in [0, 0.05) is 13.5 Å². The highest BCUT2D eigenvalue weighted by Gasteiger charge is 2.35. The second kappa shape index (κ2) is 3.59. The molecule has 1 fully saturated rings. The summed E-state index contributed by atoms with van der Waals surface area (Å²) in [6, 6.07) is 0.558. The topological polar surface area (TPSA) is 51.0 Å². The average Bonchev–Trinajstić information content (AvgIpc) is 2.50. The third-order valence-electron chi connectivity index (χ3n) is 3.30. The Morgan fingerprint density at radius 3 is 2.64 bits per heavy atom. The predicted molar refractivity (Wildman–Crippen MR) is 54.1 cm³/mol. The molecule has 0 radical (unpaired) electrons. The average molecular weight is 195 g/mol. The van der Waals surface area contributed by atoms with Gasteiger partial charge in [-0.25, -0.2) is 0 Å². The minimum atomic E-state index is 0.488. The number of rotatable bonds is 4. The molecule has 0 aromatic carbocycles. The SMILES string of the molecule is CCC1(CNc2nnc(C)o2)CCC1. The molecule has 14 heavy (non-hydrogen) atoms. The molecular formula is C10H17N3O. The monoisotopic (exact) mass is 195 g/mol. The van der Waals surface area contributed by atoms with E-state index in [1.807, 2.05) is 0 Å². The number of hydrogen-bond acceptors (Lipinski definition) is 4. The normalized spacial score (nSPS) is 19.0. The Hall–Kier alpha value is -1.06. The van der Waals surface area contributed by atoms with Gasteiger partial charge in [-0.1, -0.05) is 18.4 Å². The molecule has 0 amide bonds. The number of nitrogens with zero attached hydrogens (tertiary/aromatic N) is 2. The van der Waals surface area contributed by atoms with E-state index in [-0.39, 0.29) is 0 Å². The van der Waals surface area contributed by atoms with E-state index in [0.717, 1.165) is 6.54 Å². The van der Waals surface area contributed by atoms with Crippen molar-refractivity contribution in [3.8, 4) is 0 Å². The van der Waals surface area contributed by atoms with E-state index in [0.29, 0.717) is 17.3 Å². The summed E-state index contributed by atoms with van der Waals surface area (Å²) in [7, 11) is 0. The predicted octanol–water partition coefficient (Wildman–Crippen LogP) is 2.37. The molecule has 2 rings (SSSR count). The first-order chi connectivity index (χ1) is 6.74. The van der Waals surface area contributed by atoms with E-state index in [1.54, 1.807) is 6.92 Å². The Morgan fingerprint density at radius 1 is 1.43 bits per heavy atom. The van der Waals surface area contributed by atoms with Gasteiger partial charge in [0.2, 0.25) is 5.89 Å². The van der Waals surface area contributed by atoms with Gasteiger partial charge in [-0.2, -0.15) is 0 Å². The number of anilines is 1. The zero-order valence-corrected chi connectivity index (χ0v) is 8.84. The lowest BCUT2D eigenvalue weighted by molar-refractivity contribution is 0.144. The van der Waals surface area contributed by atoms with Crippen LogP contribution in [-0.4, -0.2) is 16.7 Å². The van der Waals surface area contributed by atoms with Crippen LogP contribution >= 0.6 is 0 Å². The Balaban J connectivity index is 1.87. The fraction of sp³-hybridized carbons (Fsp3) is 0.800. The van der Waals surface area contributed by atoms with Crippen LogP contribution in [-0.2, 0) is 0 Å². The van der Waals surface area contributed by atoms with Crippen LogP contribution in [0.4, 0.5) is 6.01 Å². The molecule has 0 bridgehead atoms. The first-order valence-electron chi connectivity index (χ1n) is 5.28. The third-order valence-corrected chi connectivity index (χ3v) is 3.30. The van der Waals surface area contributed by atoms with Crippen LogP contribution in [0.25, 0.3) is 0 Å². The molecule has 0 spiro atoms. The molecule has 1 aliphatic carbocycles. The first kappa shape index (κ1) is 9.49. The standard InChI is InChI=1S/C10H17N3O/c1-3-10(5-4-6-10)7-11-9-13-12-8(2)14-9/h3-7H2,1-2H3,(H,11,13). The quantitative estimate of drug-likeness (QED) is 0.801. The minimum absolute atomic E-state index is 0.488. The van der Waals surface area contributed by atoms with E-state index in [4.69, 9.17) is 4.42 Å². The smallest absolute Gasteiger partial charge is 0.315 e. The Morgan fingerprint density at radius 2 is 2.21 bits per heavy atom. The number of aromatic nitrogens is 2. The van der Waals surface area contributed by atoms with Crippen molar-refractivity contribution in [1.82, 2.24) is 10.2 Å². The molecule has 0 aliphatic heterocycles. The Bertz CT molecular complexity index is 299. The highest BCUT2D eigenvalue weighted by molar-refractivity contribution is 5.18. The Labute approximate surface area is 84.1 Å². The molecule has 1 aromatic rings. The molecule has 4 nitrogen and oxygen atoms in total. The molecule has 78 valence electrons. The van der Waals surface area contributed by atoms with Crippen molar-refractivity contribution in [3.63, 3.8) is 0 Å². The Kier molecular flexibility index (Phi) is 2.44. The van der Waals surface area contributed by atoms with Gasteiger partial charge in [0.25, 0.3) is 0 Å². The molecule has 0 saturated heterocycles. The highest BCUT2D eigenvalue weighted by Crippen LogP contribution is 2.43. The van der Waals surface area contributed by atoms with Gasteiger partial charge in [-0.15, -0.1) is 5.10 Å². The number of aryl methyl sites for hydroxylation is 1. The molecule has 1 aliphatic rings. The first-order valence-corrected chi connectivity index (χ1v) is 5.28. The van der Waals surface area contributed by atoms with E-state index in [9.17, 15) is 0 Å². The van der Waals surface area contributed by atoms with Crippen LogP contribution < -0.4 is 5.32 Å². The van der Waals surface area contributed by atoms with Crippen LogP contribution in [0.2, 0.25) is 0 Å². The van der Waals surface area contributed by atoms with Gasteiger partial charge < -0.3 is 9.73 Å². The van der Waals surface area contributed by atoms with E-state index < -0.39 is 0 Å². The van der Waals surface area contributed by atoms with Crippen molar-refractivity contribution < 1.29 is 4.42 Å². The summed E-state index contributed by atoms with van der Waals surface area (Å²) in [5.41, 5.74) is 0.488. The lowest BCUT2D eigenvalue weighted by atomic mass is 9.67. The van der Waals surface area contributed by atoms with E-state index in [2.05, 4.69) is 22.4 Å². The van der Waals surface area contributed by atoms with Crippen molar-refractivity contribution in [2.24, 2.45) is 5.41 Å². The second-order valence-electron chi connectivity index (χ2n) is 4.19. The maximum Gasteiger partial charge on any atom is 0.315 e. The molecule has 1 saturated carbocycles. The van der Waals surface area contributed by atoms with Crippen molar-refractivity contribution in [1.29, 1.82) is 0 Å². The summed E-state index contributed by atoms with van der Waals surface area (Å²) >= 11 is 0. The van der Waals surface area contributed by atoms with Crippen LogP contribution in [0.15, 0.2) is 4.42 Å². The van der Waals surface area contributed by atoms with Gasteiger partial charge in [-0.05, 0) is 24.7 Å². The lowest BCUT2D eigenvalue weighted by Crippen LogP contribution is -2.35. The zero-order chi connectivity index (χ0) is 10.0. The third kappa shape index (κ3) is 1.74. The summed E-state index contributed by atoms with van der Waals surface area (Å²) in [5.74, 6) is 0.617. The number of hydrogen-bond donors (Lipinski definition) is 1. The van der Waals surface area contributed by atoms with Gasteiger partial charge in [-0.3, -0.25) is 0 Å². The van der Waals surface area contributed by atoms with E-state index in [1.165, 1.54) is 25.7 Å². The lowest BCUT2D eigenvalue weighted by Gasteiger charge is -2.41. The maximum absolute atomic E-state index is 5.26. The molecule has 0 unspecified atom stereocenters. The molecule has 4 heteroatoms. The zero-order valence-electron chi connectivity index (χ0n) is 8.84. The minimum Gasteiger partial charge on any atom is -0.408 e. The highest BCUT2D eigenvalue weighted by atomic mass is 16.4. The summed E-state index contributed by atoms with van der Waals surface area (Å²) in [4.78, 5) is 0. The summed E-state index contributed by atoms with van der Waals surface area (Å²) < 4.78 is 5.26. The summed E-state index contributed by atoms with van der Waals surface area (Å²) in [6.07, 6.45) is 5.23. The fourth-order valence-electron chi connectivity index (χ4n) is 1.96. The summed E-state index contributed by atoms with van der Waals surface area (Å²) in [6.45, 7) is 5.02. The maximum atomic E-state index is 5.26.